The Balaban J connectivity index is 2.01. The van der Waals surface area contributed by atoms with Crippen LogP contribution in [0.15, 0.2) is 24.3 Å². The van der Waals surface area contributed by atoms with Gasteiger partial charge in [0, 0.05) is 0 Å². The monoisotopic (exact) mass is 247 g/mol. The summed E-state index contributed by atoms with van der Waals surface area (Å²) < 4.78 is 0. The van der Waals surface area contributed by atoms with Gasteiger partial charge in [0.1, 0.15) is 0 Å². The van der Waals surface area contributed by atoms with Gasteiger partial charge in [0.2, 0.25) is 0 Å². The molecule has 2 rings (SSSR count). The smallest absolute Gasteiger partial charge is 0.311 e. The maximum absolute atomic E-state index is 11.4. The van der Waals surface area contributed by atoms with Crippen LogP contribution in [0.1, 0.15) is 36.3 Å². The lowest BCUT2D eigenvalue weighted by Gasteiger charge is -2.18. The molecule has 1 saturated heterocycles. The molecule has 3 nitrogen and oxygen atoms in total. The zero-order valence-electron chi connectivity index (χ0n) is 10.9. The van der Waals surface area contributed by atoms with E-state index in [1.165, 1.54) is 12.8 Å². The Morgan fingerprint density at radius 3 is 2.72 bits per heavy atom. The highest BCUT2D eigenvalue weighted by Crippen LogP contribution is 2.22. The Morgan fingerprint density at radius 1 is 1.39 bits per heavy atom. The first-order valence-corrected chi connectivity index (χ1v) is 6.68. The van der Waals surface area contributed by atoms with Gasteiger partial charge in [0.25, 0.3) is 0 Å². The second kappa shape index (κ2) is 6.01. The van der Waals surface area contributed by atoms with Gasteiger partial charge in [-0.15, -0.1) is 0 Å². The summed E-state index contributed by atoms with van der Waals surface area (Å²) in [5.41, 5.74) is 2.06. The van der Waals surface area contributed by atoms with Crippen molar-refractivity contribution in [3.63, 3.8) is 0 Å². The van der Waals surface area contributed by atoms with E-state index in [-0.39, 0.29) is 5.92 Å². The lowest BCUT2D eigenvalue weighted by Crippen LogP contribution is -2.24. The zero-order chi connectivity index (χ0) is 13.0. The van der Waals surface area contributed by atoms with E-state index >= 15 is 0 Å². The molecule has 0 aromatic heterocycles. The molecule has 18 heavy (non-hydrogen) atoms. The number of benzene rings is 1. The van der Waals surface area contributed by atoms with Gasteiger partial charge < -0.3 is 10.0 Å². The molecule has 98 valence electrons. The molecule has 1 aliphatic rings. The summed E-state index contributed by atoms with van der Waals surface area (Å²) in [6.45, 7) is 5.15. The lowest BCUT2D eigenvalue weighted by molar-refractivity contribution is -0.139. The van der Waals surface area contributed by atoms with Gasteiger partial charge in [-0.1, -0.05) is 29.8 Å². The number of carboxylic acids is 1. The highest BCUT2D eigenvalue weighted by atomic mass is 16.4. The molecule has 0 saturated carbocycles. The van der Waals surface area contributed by atoms with Gasteiger partial charge in [-0.25, -0.2) is 0 Å². The Labute approximate surface area is 108 Å². The molecule has 1 unspecified atom stereocenters. The molecular formula is C15H21NO2. The summed E-state index contributed by atoms with van der Waals surface area (Å²) in [5.74, 6) is -1.08. The largest absolute Gasteiger partial charge is 0.481 e. The third kappa shape index (κ3) is 3.33. The molecule has 0 spiro atoms. The molecule has 0 bridgehead atoms. The number of carboxylic acid groups (broad SMARTS) is 1. The van der Waals surface area contributed by atoms with Gasteiger partial charge in [-0.05, 0) is 51.4 Å². The highest BCUT2D eigenvalue weighted by Gasteiger charge is 2.21. The van der Waals surface area contributed by atoms with Gasteiger partial charge >= 0.3 is 5.97 Å². The van der Waals surface area contributed by atoms with Gasteiger partial charge in [-0.2, -0.15) is 0 Å². The van der Waals surface area contributed by atoms with Crippen LogP contribution in [0.5, 0.6) is 0 Å². The Hall–Kier alpha value is -1.35. The number of likely N-dealkylation sites (tertiary alicyclic amines) is 1. The summed E-state index contributed by atoms with van der Waals surface area (Å²) in [4.78, 5) is 13.8. The van der Waals surface area contributed by atoms with Crippen LogP contribution in [0.4, 0.5) is 0 Å². The number of aryl methyl sites for hydroxylation is 1. The summed E-state index contributed by atoms with van der Waals surface area (Å²) >= 11 is 0. The fraction of sp³-hybridized carbons (Fsp3) is 0.533. The minimum Gasteiger partial charge on any atom is -0.481 e. The summed E-state index contributed by atoms with van der Waals surface area (Å²) in [7, 11) is 0. The number of hydrogen-bond donors (Lipinski definition) is 1. The Morgan fingerprint density at radius 2 is 2.11 bits per heavy atom. The van der Waals surface area contributed by atoms with Crippen LogP contribution in [0.25, 0.3) is 0 Å². The molecule has 0 aliphatic carbocycles. The van der Waals surface area contributed by atoms with E-state index in [1.54, 1.807) is 0 Å². The fourth-order valence-corrected chi connectivity index (χ4v) is 2.64. The Bertz CT molecular complexity index is 411. The number of nitrogens with zero attached hydrogens (tertiary/aromatic N) is 1. The van der Waals surface area contributed by atoms with Crippen LogP contribution < -0.4 is 0 Å². The fourth-order valence-electron chi connectivity index (χ4n) is 2.64. The molecule has 1 fully saturated rings. The zero-order valence-corrected chi connectivity index (χ0v) is 10.9. The van der Waals surface area contributed by atoms with Gasteiger partial charge in [-0.3, -0.25) is 4.79 Å². The number of carbonyl (C=O) groups is 1. The predicted octanol–water partition coefficient (Wildman–Crippen LogP) is 2.65. The first-order chi connectivity index (χ1) is 8.66. The molecule has 1 heterocycles. The Kier molecular flexibility index (Phi) is 4.37. The van der Waals surface area contributed by atoms with Crippen molar-refractivity contribution in [2.75, 3.05) is 19.6 Å². The standard InChI is InChI=1S/C15H21NO2/c1-12-5-4-6-13(11-12)14(15(17)18)7-10-16-8-2-3-9-16/h4-6,11,14H,2-3,7-10H2,1H3,(H,17,18). The molecule has 0 radical (unpaired) electrons. The van der Waals surface area contributed by atoms with Crippen LogP contribution >= 0.6 is 0 Å². The summed E-state index contributed by atoms with van der Waals surface area (Å²) in [6.07, 6.45) is 3.21. The number of hydrogen-bond acceptors (Lipinski definition) is 2. The minimum atomic E-state index is -0.709. The first-order valence-electron chi connectivity index (χ1n) is 6.68. The predicted molar refractivity (Wildman–Crippen MR) is 71.8 cm³/mol. The minimum absolute atomic E-state index is 0.370. The maximum atomic E-state index is 11.4. The van der Waals surface area contributed by atoms with Crippen molar-refractivity contribution in [2.24, 2.45) is 0 Å². The third-order valence-electron chi connectivity index (χ3n) is 3.68. The van der Waals surface area contributed by atoms with E-state index in [0.29, 0.717) is 6.42 Å². The van der Waals surface area contributed by atoms with E-state index in [9.17, 15) is 9.90 Å². The second-order valence-electron chi connectivity index (χ2n) is 5.14. The van der Waals surface area contributed by atoms with Gasteiger partial charge in [0.05, 0.1) is 5.92 Å². The van der Waals surface area contributed by atoms with Gasteiger partial charge in [0.15, 0.2) is 0 Å². The average Bonchev–Trinajstić information content (AvgIpc) is 2.82. The van der Waals surface area contributed by atoms with Crippen molar-refractivity contribution in [3.05, 3.63) is 35.4 Å². The second-order valence-corrected chi connectivity index (χ2v) is 5.14. The molecule has 1 aromatic rings. The summed E-state index contributed by atoms with van der Waals surface area (Å²) in [5, 5.41) is 9.37. The maximum Gasteiger partial charge on any atom is 0.311 e. The van der Waals surface area contributed by atoms with Crippen molar-refractivity contribution in [3.8, 4) is 0 Å². The quantitative estimate of drug-likeness (QED) is 0.869. The topological polar surface area (TPSA) is 40.5 Å². The lowest BCUT2D eigenvalue weighted by atomic mass is 9.94. The first kappa shape index (κ1) is 13.1. The van der Waals surface area contributed by atoms with Crippen LogP contribution in [-0.2, 0) is 4.79 Å². The molecule has 1 aliphatic heterocycles. The molecule has 1 N–H and O–H groups in total. The van der Waals surface area contributed by atoms with Crippen molar-refractivity contribution in [1.82, 2.24) is 4.90 Å². The SMILES string of the molecule is Cc1cccc(C(CCN2CCCC2)C(=O)O)c1. The van der Waals surface area contributed by atoms with E-state index in [1.807, 2.05) is 31.2 Å². The third-order valence-corrected chi connectivity index (χ3v) is 3.68. The van der Waals surface area contributed by atoms with Crippen molar-refractivity contribution < 1.29 is 9.90 Å². The van der Waals surface area contributed by atoms with E-state index < -0.39 is 5.97 Å². The normalized spacial score (nSPS) is 17.8. The van der Waals surface area contributed by atoms with Crippen LogP contribution in [-0.4, -0.2) is 35.6 Å². The van der Waals surface area contributed by atoms with Crippen LogP contribution in [0, 0.1) is 6.92 Å². The number of rotatable bonds is 5. The van der Waals surface area contributed by atoms with Crippen LogP contribution in [0.3, 0.4) is 0 Å². The average molecular weight is 247 g/mol. The number of aliphatic carboxylic acids is 1. The van der Waals surface area contributed by atoms with E-state index in [4.69, 9.17) is 0 Å². The molecule has 1 aromatic carbocycles. The molecule has 1 atom stereocenters. The van der Waals surface area contributed by atoms with E-state index in [2.05, 4.69) is 4.90 Å². The molecule has 3 heteroatoms. The van der Waals surface area contributed by atoms with Crippen LogP contribution in [0.2, 0.25) is 0 Å². The van der Waals surface area contributed by atoms with Crippen molar-refractivity contribution in [1.29, 1.82) is 0 Å². The van der Waals surface area contributed by atoms with Crippen molar-refractivity contribution in [2.45, 2.75) is 32.1 Å². The van der Waals surface area contributed by atoms with Crippen molar-refractivity contribution >= 4 is 5.97 Å². The molecular weight excluding hydrogens is 226 g/mol. The molecule has 0 amide bonds. The van der Waals surface area contributed by atoms with E-state index in [0.717, 1.165) is 30.8 Å². The highest BCUT2D eigenvalue weighted by molar-refractivity contribution is 5.76. The summed E-state index contributed by atoms with van der Waals surface area (Å²) in [6, 6.07) is 7.86.